The zero-order chi connectivity index (χ0) is 9.42. The van der Waals surface area contributed by atoms with Gasteiger partial charge in [-0.05, 0) is 6.07 Å². The van der Waals surface area contributed by atoms with Gasteiger partial charge < -0.3 is 15.2 Å². The molecule has 13 heavy (non-hydrogen) atoms. The second kappa shape index (κ2) is 2.65. The van der Waals surface area contributed by atoms with Crippen LogP contribution in [0.15, 0.2) is 12.1 Å². The van der Waals surface area contributed by atoms with Gasteiger partial charge in [0.2, 0.25) is 5.78 Å². The van der Waals surface area contributed by atoms with Crippen molar-refractivity contribution in [3.8, 4) is 11.5 Å². The second-order valence-corrected chi connectivity index (χ2v) is 2.81. The van der Waals surface area contributed by atoms with Crippen LogP contribution in [0.25, 0.3) is 0 Å². The molecule has 4 nitrogen and oxygen atoms in total. The Morgan fingerprint density at radius 3 is 3.00 bits per heavy atom. The number of nitrogen functional groups attached to an aromatic ring is 1. The van der Waals surface area contributed by atoms with Gasteiger partial charge in [-0.15, -0.1) is 0 Å². The van der Waals surface area contributed by atoms with Crippen molar-refractivity contribution in [1.29, 1.82) is 0 Å². The van der Waals surface area contributed by atoms with Crippen molar-refractivity contribution in [2.45, 2.75) is 0 Å². The molecule has 2 rings (SSSR count). The highest BCUT2D eigenvalue weighted by Gasteiger charge is 2.25. The first-order valence-electron chi connectivity index (χ1n) is 3.86. The molecule has 1 aromatic carbocycles. The second-order valence-electron chi connectivity index (χ2n) is 2.81. The Morgan fingerprint density at radius 1 is 1.54 bits per heavy atom. The fourth-order valence-electron chi connectivity index (χ4n) is 1.35. The lowest BCUT2D eigenvalue weighted by molar-refractivity contribution is 0.0960. The largest absolute Gasteiger partial charge is 0.493 e. The lowest BCUT2D eigenvalue weighted by atomic mass is 10.1. The molecule has 0 aliphatic carbocycles. The Hall–Kier alpha value is -1.71. The number of carbonyl (C=O) groups excluding carboxylic acids is 1. The quantitative estimate of drug-likeness (QED) is 0.649. The number of ether oxygens (including phenoxy) is 2. The first kappa shape index (κ1) is 7.91. The fraction of sp³-hybridized carbons (Fsp3) is 0.222. The number of Topliss-reactive ketones (excluding diaryl/α,β-unsaturated/α-hetero) is 1. The van der Waals surface area contributed by atoms with Crippen molar-refractivity contribution >= 4 is 11.5 Å². The third kappa shape index (κ3) is 1.11. The summed E-state index contributed by atoms with van der Waals surface area (Å²) in [4.78, 5) is 11.2. The molecule has 68 valence electrons. The topological polar surface area (TPSA) is 61.6 Å². The van der Waals surface area contributed by atoms with Gasteiger partial charge in [0.25, 0.3) is 0 Å². The Kier molecular flexibility index (Phi) is 1.62. The minimum Gasteiger partial charge on any atom is -0.493 e. The summed E-state index contributed by atoms with van der Waals surface area (Å²) in [5, 5.41) is 0. The normalized spacial score (nSPS) is 13.8. The Balaban J connectivity index is 2.63. The maximum Gasteiger partial charge on any atom is 0.204 e. The Bertz CT molecular complexity index is 373. The minimum absolute atomic E-state index is 0.0550. The standard InChI is InChI=1S/C9H9NO3/c1-12-8-3-5(10)2-6-7(11)4-13-9(6)8/h2-3H,4,10H2,1H3. The predicted molar refractivity (Wildman–Crippen MR) is 47.2 cm³/mol. The summed E-state index contributed by atoms with van der Waals surface area (Å²) in [7, 11) is 1.52. The van der Waals surface area contributed by atoms with Crippen molar-refractivity contribution in [3.63, 3.8) is 0 Å². The van der Waals surface area contributed by atoms with Gasteiger partial charge in [0, 0.05) is 11.8 Å². The molecule has 0 spiro atoms. The van der Waals surface area contributed by atoms with Crippen LogP contribution in [-0.2, 0) is 0 Å². The summed E-state index contributed by atoms with van der Waals surface area (Å²) in [6.07, 6.45) is 0. The van der Waals surface area contributed by atoms with Crippen LogP contribution < -0.4 is 15.2 Å². The lowest BCUT2D eigenvalue weighted by Crippen LogP contribution is -1.99. The monoisotopic (exact) mass is 179 g/mol. The molecule has 0 unspecified atom stereocenters. The molecule has 1 heterocycles. The van der Waals surface area contributed by atoms with E-state index in [4.69, 9.17) is 15.2 Å². The van der Waals surface area contributed by atoms with Gasteiger partial charge in [0.15, 0.2) is 18.1 Å². The first-order valence-corrected chi connectivity index (χ1v) is 3.86. The summed E-state index contributed by atoms with van der Waals surface area (Å²) in [5.74, 6) is 0.961. The van der Waals surface area contributed by atoms with Gasteiger partial charge >= 0.3 is 0 Å². The molecule has 2 N–H and O–H groups in total. The highest BCUT2D eigenvalue weighted by atomic mass is 16.5. The first-order chi connectivity index (χ1) is 6.22. The van der Waals surface area contributed by atoms with E-state index in [0.29, 0.717) is 22.7 Å². The molecular weight excluding hydrogens is 170 g/mol. The number of rotatable bonds is 1. The summed E-state index contributed by atoms with van der Waals surface area (Å²) in [6.45, 7) is 0.0785. The van der Waals surface area contributed by atoms with E-state index in [0.717, 1.165) is 0 Å². The predicted octanol–water partition coefficient (Wildman–Crippen LogP) is 0.853. The molecule has 0 saturated heterocycles. The molecule has 0 atom stereocenters. The van der Waals surface area contributed by atoms with Crippen LogP contribution in [0.4, 0.5) is 5.69 Å². The van der Waals surface area contributed by atoms with Crippen LogP contribution in [-0.4, -0.2) is 19.5 Å². The van der Waals surface area contributed by atoms with E-state index in [2.05, 4.69) is 0 Å². The highest BCUT2D eigenvalue weighted by molar-refractivity contribution is 6.03. The van der Waals surface area contributed by atoms with E-state index >= 15 is 0 Å². The van der Waals surface area contributed by atoms with Crippen LogP contribution in [0.5, 0.6) is 11.5 Å². The lowest BCUT2D eigenvalue weighted by Gasteiger charge is -2.06. The number of hydrogen-bond donors (Lipinski definition) is 1. The van der Waals surface area contributed by atoms with Crippen LogP contribution in [0.2, 0.25) is 0 Å². The van der Waals surface area contributed by atoms with Crippen molar-refractivity contribution in [2.24, 2.45) is 0 Å². The molecule has 1 aliphatic heterocycles. The molecule has 1 aliphatic rings. The van der Waals surface area contributed by atoms with Crippen LogP contribution in [0, 0.1) is 0 Å². The summed E-state index contributed by atoms with van der Waals surface area (Å²) >= 11 is 0. The number of hydrogen-bond acceptors (Lipinski definition) is 4. The third-order valence-electron chi connectivity index (χ3n) is 1.95. The van der Waals surface area contributed by atoms with Gasteiger partial charge in [-0.2, -0.15) is 0 Å². The van der Waals surface area contributed by atoms with E-state index in [1.54, 1.807) is 12.1 Å². The SMILES string of the molecule is COc1cc(N)cc2c1OCC2=O. The highest BCUT2D eigenvalue weighted by Crippen LogP contribution is 2.37. The maximum atomic E-state index is 11.2. The van der Waals surface area contributed by atoms with E-state index in [1.165, 1.54) is 7.11 Å². The molecular formula is C9H9NO3. The van der Waals surface area contributed by atoms with E-state index in [1.807, 2.05) is 0 Å². The fourth-order valence-corrected chi connectivity index (χ4v) is 1.35. The number of fused-ring (bicyclic) bond motifs is 1. The van der Waals surface area contributed by atoms with Gasteiger partial charge in [-0.25, -0.2) is 0 Å². The number of anilines is 1. The number of nitrogens with two attached hydrogens (primary N) is 1. The van der Waals surface area contributed by atoms with Crippen molar-refractivity contribution < 1.29 is 14.3 Å². The zero-order valence-corrected chi connectivity index (χ0v) is 7.16. The Labute approximate surface area is 75.2 Å². The van der Waals surface area contributed by atoms with E-state index in [9.17, 15) is 4.79 Å². The average Bonchev–Trinajstić information content (AvgIpc) is 2.47. The van der Waals surface area contributed by atoms with Crippen LogP contribution in [0.1, 0.15) is 10.4 Å². The van der Waals surface area contributed by atoms with Crippen molar-refractivity contribution in [1.82, 2.24) is 0 Å². The summed E-state index contributed by atoms with van der Waals surface area (Å²) in [6, 6.07) is 3.24. The minimum atomic E-state index is -0.0550. The van der Waals surface area contributed by atoms with E-state index < -0.39 is 0 Å². The average molecular weight is 179 g/mol. The van der Waals surface area contributed by atoms with Crippen LogP contribution >= 0.6 is 0 Å². The molecule has 0 fully saturated rings. The summed E-state index contributed by atoms with van der Waals surface area (Å²) in [5.41, 5.74) is 6.60. The molecule has 0 aromatic heterocycles. The number of benzene rings is 1. The van der Waals surface area contributed by atoms with Gasteiger partial charge in [-0.3, -0.25) is 4.79 Å². The van der Waals surface area contributed by atoms with Gasteiger partial charge in [0.05, 0.1) is 12.7 Å². The van der Waals surface area contributed by atoms with Gasteiger partial charge in [0.1, 0.15) is 0 Å². The molecule has 0 amide bonds. The van der Waals surface area contributed by atoms with Crippen molar-refractivity contribution in [2.75, 3.05) is 19.5 Å². The van der Waals surface area contributed by atoms with Gasteiger partial charge in [-0.1, -0.05) is 0 Å². The molecule has 0 bridgehead atoms. The molecule has 1 aromatic rings. The number of methoxy groups -OCH3 is 1. The zero-order valence-electron chi connectivity index (χ0n) is 7.16. The van der Waals surface area contributed by atoms with Crippen molar-refractivity contribution in [3.05, 3.63) is 17.7 Å². The molecule has 0 saturated carbocycles. The molecule has 0 radical (unpaired) electrons. The van der Waals surface area contributed by atoms with Crippen LogP contribution in [0.3, 0.4) is 0 Å². The number of carbonyl (C=O) groups is 1. The number of ketones is 1. The maximum absolute atomic E-state index is 11.2. The Morgan fingerprint density at radius 2 is 2.31 bits per heavy atom. The smallest absolute Gasteiger partial charge is 0.204 e. The molecule has 4 heteroatoms. The third-order valence-corrected chi connectivity index (χ3v) is 1.95. The van der Waals surface area contributed by atoms with E-state index in [-0.39, 0.29) is 12.4 Å². The summed E-state index contributed by atoms with van der Waals surface area (Å²) < 4.78 is 10.2.